The minimum atomic E-state index is -0.166. The van der Waals surface area contributed by atoms with Crippen molar-refractivity contribution in [3.05, 3.63) is 86.6 Å². The topological polar surface area (TPSA) is 46.4 Å². The lowest BCUT2D eigenvalue weighted by Crippen LogP contribution is -2.40. The zero-order valence-electron chi connectivity index (χ0n) is 18.3. The predicted molar refractivity (Wildman–Crippen MR) is 123 cm³/mol. The van der Waals surface area contributed by atoms with Crippen molar-refractivity contribution in [2.45, 2.75) is 52.4 Å². The minimum Gasteiger partial charge on any atom is -0.347 e. The van der Waals surface area contributed by atoms with Crippen molar-refractivity contribution >= 4 is 5.69 Å². The smallest absolute Gasteiger partial charge is 0.214 e. The third kappa shape index (κ3) is 4.14. The Bertz CT molecular complexity index is 928. The van der Waals surface area contributed by atoms with Gasteiger partial charge in [-0.3, -0.25) is 10.1 Å². The zero-order valence-corrected chi connectivity index (χ0v) is 18.3. The highest BCUT2D eigenvalue weighted by Crippen LogP contribution is 2.46. The van der Waals surface area contributed by atoms with Crippen molar-refractivity contribution in [3.8, 4) is 0 Å². The molecule has 30 heavy (non-hydrogen) atoms. The molecule has 0 saturated heterocycles. The van der Waals surface area contributed by atoms with Gasteiger partial charge >= 0.3 is 0 Å². The predicted octanol–water partition coefficient (Wildman–Crippen LogP) is 6.18. The first kappa shape index (κ1) is 20.6. The molecular weight excluding hydrogens is 372 g/mol. The van der Waals surface area contributed by atoms with Gasteiger partial charge in [0.2, 0.25) is 6.54 Å². The van der Waals surface area contributed by atoms with Crippen LogP contribution in [0.2, 0.25) is 0 Å². The number of rotatable bonds is 5. The van der Waals surface area contributed by atoms with Crippen LogP contribution in [-0.2, 0) is 0 Å². The molecule has 1 aliphatic carbocycles. The lowest BCUT2D eigenvalue weighted by atomic mass is 9.69. The van der Waals surface area contributed by atoms with Crippen LogP contribution in [0.4, 0.5) is 5.69 Å². The normalized spacial score (nSPS) is 22.2. The molecule has 2 aromatic carbocycles. The summed E-state index contributed by atoms with van der Waals surface area (Å²) in [5.41, 5.74) is 7.43. The number of anilines is 1. The summed E-state index contributed by atoms with van der Waals surface area (Å²) in [5.74, 6) is 0.851. The highest BCUT2D eigenvalue weighted by molar-refractivity contribution is 5.63. The van der Waals surface area contributed by atoms with Gasteiger partial charge in [-0.2, -0.15) is 0 Å². The van der Waals surface area contributed by atoms with Crippen molar-refractivity contribution in [3.63, 3.8) is 0 Å². The molecule has 0 radical (unpaired) electrons. The molecule has 3 atom stereocenters. The number of hydrogen-bond acceptors (Lipinski definition) is 3. The van der Waals surface area contributed by atoms with Crippen molar-refractivity contribution in [2.75, 3.05) is 18.0 Å². The number of hydrogen-bond donors (Lipinski definition) is 0. The highest BCUT2D eigenvalue weighted by atomic mass is 16.6. The van der Waals surface area contributed by atoms with Crippen molar-refractivity contribution < 1.29 is 4.92 Å². The van der Waals surface area contributed by atoms with Crippen LogP contribution in [-0.4, -0.2) is 18.0 Å². The van der Waals surface area contributed by atoms with Crippen molar-refractivity contribution in [2.24, 2.45) is 11.8 Å². The van der Waals surface area contributed by atoms with E-state index in [9.17, 15) is 10.1 Å². The summed E-state index contributed by atoms with van der Waals surface area (Å²) in [6, 6.07) is 14.6. The first-order chi connectivity index (χ1) is 14.4. The summed E-state index contributed by atoms with van der Waals surface area (Å²) in [6.45, 7) is 7.47. The van der Waals surface area contributed by atoms with E-state index >= 15 is 0 Å². The second-order valence-corrected chi connectivity index (χ2v) is 9.16. The largest absolute Gasteiger partial charge is 0.347 e. The Morgan fingerprint density at radius 2 is 1.73 bits per heavy atom. The molecule has 4 rings (SSSR count). The van der Waals surface area contributed by atoms with Gasteiger partial charge in [-0.25, -0.2) is 0 Å². The van der Waals surface area contributed by atoms with Crippen LogP contribution in [0.1, 0.15) is 53.9 Å². The van der Waals surface area contributed by atoms with Crippen molar-refractivity contribution in [1.29, 1.82) is 0 Å². The maximum atomic E-state index is 11.6. The zero-order chi connectivity index (χ0) is 21.3. The highest BCUT2D eigenvalue weighted by Gasteiger charge is 2.38. The van der Waals surface area contributed by atoms with Gasteiger partial charge in [-0.1, -0.05) is 60.9 Å². The molecule has 0 amide bonds. The van der Waals surface area contributed by atoms with E-state index in [1.165, 1.54) is 47.2 Å². The van der Waals surface area contributed by atoms with E-state index < -0.39 is 0 Å². The first-order valence-electron chi connectivity index (χ1n) is 11.2. The molecule has 0 spiro atoms. The Balaban J connectivity index is 1.82. The number of fused-ring (bicyclic) bond motifs is 1. The fourth-order valence-corrected chi connectivity index (χ4v) is 5.81. The average molecular weight is 405 g/mol. The summed E-state index contributed by atoms with van der Waals surface area (Å²) >= 11 is 0. The fourth-order valence-electron chi connectivity index (χ4n) is 5.81. The molecule has 2 aromatic rings. The monoisotopic (exact) mass is 404 g/mol. The second-order valence-electron chi connectivity index (χ2n) is 9.16. The molecule has 158 valence electrons. The Hall–Kier alpha value is -2.62. The van der Waals surface area contributed by atoms with E-state index in [1.807, 2.05) is 30.3 Å². The first-order valence-corrected chi connectivity index (χ1v) is 11.2. The van der Waals surface area contributed by atoms with Crippen LogP contribution < -0.4 is 4.90 Å². The standard InChI is InChI=1S/C26H32N2O2/c1-18-13-19(2)26(20(3)14-18)27-15-22-11-7-8-12-23(22)25(16-27)24(17-28(29)30)21-9-5-4-6-10-21/h4-6,9-10,13-14,16,22-24H,7-8,11-12,15,17H2,1-3H3/t22-,23+,24?/m1/s1. The molecule has 0 N–H and O–H groups in total. The molecule has 4 nitrogen and oxygen atoms in total. The third-order valence-corrected chi connectivity index (χ3v) is 6.93. The molecule has 1 saturated carbocycles. The van der Waals surface area contributed by atoms with Gasteiger partial charge in [-0.15, -0.1) is 0 Å². The van der Waals surface area contributed by atoms with Gasteiger partial charge in [0.1, 0.15) is 0 Å². The molecule has 0 aromatic heterocycles. The van der Waals surface area contributed by atoms with Crippen LogP contribution in [0.5, 0.6) is 0 Å². The van der Waals surface area contributed by atoms with Crippen LogP contribution in [0.25, 0.3) is 0 Å². The molecule has 0 bridgehead atoms. The summed E-state index contributed by atoms with van der Waals surface area (Å²) in [7, 11) is 0. The SMILES string of the molecule is Cc1cc(C)c(N2C=C(C(C[N+](=O)[O-])c3ccccc3)[C@H]3CCCC[C@@H]3C2)c(C)c1. The van der Waals surface area contributed by atoms with Gasteiger partial charge in [-0.05, 0) is 67.7 Å². The summed E-state index contributed by atoms with van der Waals surface area (Å²) < 4.78 is 0. The van der Waals surface area contributed by atoms with Gasteiger partial charge in [0.05, 0.1) is 5.92 Å². The van der Waals surface area contributed by atoms with Crippen molar-refractivity contribution in [1.82, 2.24) is 0 Å². The summed E-state index contributed by atoms with van der Waals surface area (Å²) in [5, 5.41) is 11.6. The Morgan fingerprint density at radius 1 is 1.07 bits per heavy atom. The van der Waals surface area contributed by atoms with Gasteiger partial charge in [0.15, 0.2) is 0 Å². The summed E-state index contributed by atoms with van der Waals surface area (Å²) in [4.78, 5) is 13.9. The van der Waals surface area contributed by atoms with Crippen LogP contribution in [0.3, 0.4) is 0 Å². The molecule has 2 aliphatic rings. The molecule has 1 fully saturated rings. The lowest BCUT2D eigenvalue weighted by molar-refractivity contribution is -0.482. The maximum Gasteiger partial charge on any atom is 0.214 e. The van der Waals surface area contributed by atoms with E-state index in [1.54, 1.807) is 0 Å². The van der Waals surface area contributed by atoms with Crippen LogP contribution in [0.15, 0.2) is 54.2 Å². The van der Waals surface area contributed by atoms with E-state index in [2.05, 4.69) is 44.0 Å². The molecule has 1 unspecified atom stereocenters. The fraction of sp³-hybridized carbons (Fsp3) is 0.462. The van der Waals surface area contributed by atoms with E-state index in [0.29, 0.717) is 11.8 Å². The second kappa shape index (κ2) is 8.63. The quantitative estimate of drug-likeness (QED) is 0.441. The lowest BCUT2D eigenvalue weighted by Gasteiger charge is -2.44. The maximum absolute atomic E-state index is 11.6. The Morgan fingerprint density at radius 3 is 2.40 bits per heavy atom. The number of nitro groups is 1. The Kier molecular flexibility index (Phi) is 5.94. The van der Waals surface area contributed by atoms with Crippen LogP contribution in [0, 0.1) is 42.7 Å². The number of benzene rings is 2. The Labute approximate surface area is 179 Å². The van der Waals surface area contributed by atoms with E-state index in [4.69, 9.17) is 0 Å². The van der Waals surface area contributed by atoms with Crippen LogP contribution >= 0.6 is 0 Å². The minimum absolute atomic E-state index is 0.0429. The molecule has 1 heterocycles. The third-order valence-electron chi connectivity index (χ3n) is 6.93. The van der Waals surface area contributed by atoms with E-state index in [0.717, 1.165) is 18.5 Å². The molecular formula is C26H32N2O2. The summed E-state index contributed by atoms with van der Waals surface area (Å²) in [6.07, 6.45) is 7.12. The average Bonchev–Trinajstić information content (AvgIpc) is 2.71. The number of nitrogens with zero attached hydrogens (tertiary/aromatic N) is 2. The van der Waals surface area contributed by atoms with Gasteiger partial charge < -0.3 is 4.90 Å². The number of aryl methyl sites for hydroxylation is 3. The molecule has 4 heteroatoms. The van der Waals surface area contributed by atoms with Gasteiger partial charge in [0, 0.05) is 23.4 Å². The van der Waals surface area contributed by atoms with Gasteiger partial charge in [0.25, 0.3) is 0 Å². The van der Waals surface area contributed by atoms with E-state index in [-0.39, 0.29) is 17.4 Å². The molecule has 1 aliphatic heterocycles.